The maximum Gasteiger partial charge on any atom is 0.220 e. The molecule has 1 saturated heterocycles. The number of likely N-dealkylation sites (tertiary alicyclic amines) is 1. The van der Waals surface area contributed by atoms with Crippen LogP contribution in [-0.4, -0.2) is 36.5 Å². The van der Waals surface area contributed by atoms with E-state index in [1.54, 1.807) is 0 Å². The van der Waals surface area contributed by atoms with Crippen LogP contribution in [0.2, 0.25) is 0 Å². The van der Waals surface area contributed by atoms with E-state index in [0.717, 1.165) is 32.5 Å². The lowest BCUT2D eigenvalue weighted by Crippen LogP contribution is -2.39. The van der Waals surface area contributed by atoms with Crippen LogP contribution < -0.4 is 5.32 Å². The first-order valence-electron chi connectivity index (χ1n) is 6.64. The number of carbonyl (C=O) groups excluding carboxylic acids is 1. The minimum absolute atomic E-state index is 0.241. The summed E-state index contributed by atoms with van der Waals surface area (Å²) in [7, 11) is 0. The van der Waals surface area contributed by atoms with E-state index in [1.165, 1.54) is 12.8 Å². The summed E-state index contributed by atoms with van der Waals surface area (Å²) >= 11 is 0. The van der Waals surface area contributed by atoms with E-state index in [9.17, 15) is 4.79 Å². The van der Waals surface area contributed by atoms with E-state index in [2.05, 4.69) is 31.0 Å². The molecule has 1 aliphatic heterocycles. The van der Waals surface area contributed by atoms with Crippen LogP contribution in [0.5, 0.6) is 0 Å². The Hall–Kier alpha value is -0.570. The molecule has 0 aromatic carbocycles. The monoisotopic (exact) mass is 226 g/mol. The van der Waals surface area contributed by atoms with Crippen molar-refractivity contribution in [3.8, 4) is 0 Å². The normalized spacial score (nSPS) is 19.0. The van der Waals surface area contributed by atoms with Crippen LogP contribution >= 0.6 is 0 Å². The summed E-state index contributed by atoms with van der Waals surface area (Å²) in [6, 6.07) is 0.648. The molecule has 1 heterocycles. The lowest BCUT2D eigenvalue weighted by molar-refractivity contribution is -0.122. The molecule has 0 spiro atoms. The fraction of sp³-hybridized carbons (Fsp3) is 0.923. The molecular weight excluding hydrogens is 200 g/mol. The van der Waals surface area contributed by atoms with Gasteiger partial charge in [0.1, 0.15) is 0 Å². The minimum atomic E-state index is 0.241. The van der Waals surface area contributed by atoms with Gasteiger partial charge in [-0.2, -0.15) is 0 Å². The Morgan fingerprint density at radius 1 is 1.38 bits per heavy atom. The van der Waals surface area contributed by atoms with E-state index in [0.29, 0.717) is 12.0 Å². The molecule has 0 saturated carbocycles. The van der Waals surface area contributed by atoms with Crippen molar-refractivity contribution in [3.63, 3.8) is 0 Å². The molecule has 3 nitrogen and oxygen atoms in total. The van der Waals surface area contributed by atoms with Crippen molar-refractivity contribution in [2.24, 2.45) is 5.92 Å². The first-order valence-corrected chi connectivity index (χ1v) is 6.64. The summed E-state index contributed by atoms with van der Waals surface area (Å²) in [5, 5.41) is 2.96. The van der Waals surface area contributed by atoms with E-state index in [1.807, 2.05) is 0 Å². The Balaban J connectivity index is 2.19. The summed E-state index contributed by atoms with van der Waals surface area (Å²) in [6.07, 6.45) is 4.11. The van der Waals surface area contributed by atoms with Crippen molar-refractivity contribution in [1.29, 1.82) is 0 Å². The number of amides is 1. The zero-order valence-corrected chi connectivity index (χ0v) is 11.0. The van der Waals surface area contributed by atoms with E-state index in [4.69, 9.17) is 0 Å². The number of rotatable bonds is 5. The van der Waals surface area contributed by atoms with Crippen LogP contribution in [0.25, 0.3) is 0 Å². The highest BCUT2D eigenvalue weighted by Crippen LogP contribution is 2.21. The van der Waals surface area contributed by atoms with Crippen LogP contribution in [0.1, 0.15) is 46.5 Å². The summed E-state index contributed by atoms with van der Waals surface area (Å²) < 4.78 is 0. The van der Waals surface area contributed by atoms with Crippen LogP contribution in [0.4, 0.5) is 0 Å². The van der Waals surface area contributed by atoms with Crippen molar-refractivity contribution >= 4 is 5.91 Å². The first-order chi connectivity index (χ1) is 7.63. The van der Waals surface area contributed by atoms with E-state index < -0.39 is 0 Å². The fourth-order valence-corrected chi connectivity index (χ4v) is 2.27. The molecule has 1 fully saturated rings. The molecular formula is C13H26N2O. The number of piperidine rings is 1. The molecule has 0 radical (unpaired) electrons. The quantitative estimate of drug-likeness (QED) is 0.778. The second kappa shape index (κ2) is 6.89. The molecule has 0 bridgehead atoms. The van der Waals surface area contributed by atoms with Crippen molar-refractivity contribution in [1.82, 2.24) is 10.2 Å². The predicted molar refractivity (Wildman–Crippen MR) is 67.4 cm³/mol. The Morgan fingerprint density at radius 3 is 2.50 bits per heavy atom. The zero-order chi connectivity index (χ0) is 12.0. The molecule has 0 unspecified atom stereocenters. The molecule has 0 aromatic rings. The molecule has 0 aromatic heterocycles. The standard InChI is InChI=1S/C13H26N2O/c1-4-7-14-13(16)10-12-5-8-15(9-6-12)11(2)3/h11-12H,4-10H2,1-3H3,(H,14,16). The maximum absolute atomic E-state index is 11.6. The fourth-order valence-electron chi connectivity index (χ4n) is 2.27. The Labute approximate surface area is 99.6 Å². The van der Waals surface area contributed by atoms with Gasteiger partial charge < -0.3 is 10.2 Å². The van der Waals surface area contributed by atoms with Crippen LogP contribution in [0.15, 0.2) is 0 Å². The van der Waals surface area contributed by atoms with E-state index in [-0.39, 0.29) is 5.91 Å². The highest BCUT2D eigenvalue weighted by atomic mass is 16.1. The molecule has 0 atom stereocenters. The number of carbonyl (C=O) groups is 1. The molecule has 16 heavy (non-hydrogen) atoms. The van der Waals surface area contributed by atoms with Gasteiger partial charge in [-0.3, -0.25) is 4.79 Å². The van der Waals surface area contributed by atoms with Gasteiger partial charge in [-0.25, -0.2) is 0 Å². The van der Waals surface area contributed by atoms with Crippen molar-refractivity contribution in [2.75, 3.05) is 19.6 Å². The van der Waals surface area contributed by atoms with Gasteiger partial charge in [-0.15, -0.1) is 0 Å². The van der Waals surface area contributed by atoms with Crippen molar-refractivity contribution in [3.05, 3.63) is 0 Å². The van der Waals surface area contributed by atoms with Gasteiger partial charge in [0.15, 0.2) is 0 Å². The van der Waals surface area contributed by atoms with Crippen LogP contribution in [0, 0.1) is 5.92 Å². The Morgan fingerprint density at radius 2 is 2.00 bits per heavy atom. The van der Waals surface area contributed by atoms with Crippen LogP contribution in [0.3, 0.4) is 0 Å². The lowest BCUT2D eigenvalue weighted by Gasteiger charge is -2.34. The smallest absolute Gasteiger partial charge is 0.220 e. The summed E-state index contributed by atoms with van der Waals surface area (Å²) in [5.41, 5.74) is 0. The van der Waals surface area contributed by atoms with E-state index >= 15 is 0 Å². The van der Waals surface area contributed by atoms with Gasteiger partial charge in [0.2, 0.25) is 5.91 Å². The highest BCUT2D eigenvalue weighted by Gasteiger charge is 2.22. The van der Waals surface area contributed by atoms with Gasteiger partial charge in [-0.05, 0) is 52.1 Å². The Bertz CT molecular complexity index is 208. The number of nitrogens with one attached hydrogen (secondary N) is 1. The maximum atomic E-state index is 11.6. The number of hydrogen-bond donors (Lipinski definition) is 1. The number of nitrogens with zero attached hydrogens (tertiary/aromatic N) is 1. The minimum Gasteiger partial charge on any atom is -0.356 e. The SMILES string of the molecule is CCCNC(=O)CC1CCN(C(C)C)CC1. The van der Waals surface area contributed by atoms with Crippen molar-refractivity contribution < 1.29 is 4.79 Å². The summed E-state index contributed by atoms with van der Waals surface area (Å²) in [5.74, 6) is 0.844. The Kier molecular flexibility index (Phi) is 5.81. The molecule has 94 valence electrons. The zero-order valence-electron chi connectivity index (χ0n) is 11.0. The average molecular weight is 226 g/mol. The number of hydrogen-bond acceptors (Lipinski definition) is 2. The summed E-state index contributed by atoms with van der Waals surface area (Å²) in [6.45, 7) is 9.71. The third-order valence-electron chi connectivity index (χ3n) is 3.43. The summed E-state index contributed by atoms with van der Waals surface area (Å²) in [4.78, 5) is 14.1. The second-order valence-corrected chi connectivity index (χ2v) is 5.13. The first kappa shape index (κ1) is 13.5. The van der Waals surface area contributed by atoms with Gasteiger partial charge in [0, 0.05) is 19.0 Å². The third kappa shape index (κ3) is 4.52. The predicted octanol–water partition coefficient (Wildman–Crippen LogP) is 2.02. The largest absolute Gasteiger partial charge is 0.356 e. The second-order valence-electron chi connectivity index (χ2n) is 5.13. The van der Waals surface area contributed by atoms with Gasteiger partial charge >= 0.3 is 0 Å². The third-order valence-corrected chi connectivity index (χ3v) is 3.43. The molecule has 1 rings (SSSR count). The van der Waals surface area contributed by atoms with Gasteiger partial charge in [0.25, 0.3) is 0 Å². The van der Waals surface area contributed by atoms with Crippen molar-refractivity contribution in [2.45, 2.75) is 52.5 Å². The topological polar surface area (TPSA) is 32.3 Å². The molecule has 1 amide bonds. The molecule has 0 aliphatic carbocycles. The lowest BCUT2D eigenvalue weighted by atomic mass is 9.92. The van der Waals surface area contributed by atoms with Crippen LogP contribution in [-0.2, 0) is 4.79 Å². The molecule has 3 heteroatoms. The molecule has 1 N–H and O–H groups in total. The highest BCUT2D eigenvalue weighted by molar-refractivity contribution is 5.76. The van der Waals surface area contributed by atoms with Gasteiger partial charge in [0.05, 0.1) is 0 Å². The van der Waals surface area contributed by atoms with Gasteiger partial charge in [-0.1, -0.05) is 6.92 Å². The average Bonchev–Trinajstić information content (AvgIpc) is 2.27. The molecule has 1 aliphatic rings.